The Hall–Kier alpha value is -0.480. The first kappa shape index (κ1) is 10.6. The maximum Gasteiger partial charge on any atom is 0.272 e. The van der Waals surface area contributed by atoms with Gasteiger partial charge in [0.15, 0.2) is 0 Å². The fourth-order valence-electron chi connectivity index (χ4n) is 1.55. The summed E-state index contributed by atoms with van der Waals surface area (Å²) < 4.78 is 25.7. The van der Waals surface area contributed by atoms with Crippen molar-refractivity contribution in [3.05, 3.63) is 12.2 Å². The van der Waals surface area contributed by atoms with Gasteiger partial charge in [-0.3, -0.25) is 4.90 Å². The van der Waals surface area contributed by atoms with Crippen LogP contribution in [0, 0.1) is 0 Å². The molecule has 0 bridgehead atoms. The third-order valence-electron chi connectivity index (χ3n) is 2.21. The van der Waals surface area contributed by atoms with Crippen molar-refractivity contribution in [3.8, 4) is 0 Å². The second kappa shape index (κ2) is 4.15. The van der Waals surface area contributed by atoms with Crippen LogP contribution in [0.25, 0.3) is 0 Å². The molecule has 4 heteroatoms. The van der Waals surface area contributed by atoms with Crippen LogP contribution in [0.15, 0.2) is 12.2 Å². The molecule has 13 heavy (non-hydrogen) atoms. The lowest BCUT2D eigenvalue weighted by molar-refractivity contribution is -0.0236. The van der Waals surface area contributed by atoms with Crippen LogP contribution in [0.4, 0.5) is 8.78 Å². The minimum absolute atomic E-state index is 0.234. The Morgan fingerprint density at radius 3 is 2.77 bits per heavy atom. The van der Waals surface area contributed by atoms with Gasteiger partial charge in [0.1, 0.15) is 0 Å². The Morgan fingerprint density at radius 2 is 2.23 bits per heavy atom. The highest BCUT2D eigenvalue weighted by Crippen LogP contribution is 2.19. The molecule has 0 unspecified atom stereocenters. The van der Waals surface area contributed by atoms with Crippen molar-refractivity contribution in [2.45, 2.75) is 18.8 Å². The van der Waals surface area contributed by atoms with Gasteiger partial charge in [-0.25, -0.2) is 8.78 Å². The third kappa shape index (κ3) is 3.40. The zero-order valence-electron chi connectivity index (χ0n) is 7.73. The number of hydrogen-bond donors (Lipinski definition) is 1. The molecule has 2 nitrogen and oxygen atoms in total. The van der Waals surface area contributed by atoms with E-state index in [4.69, 9.17) is 5.73 Å². The Morgan fingerprint density at radius 1 is 1.54 bits per heavy atom. The van der Waals surface area contributed by atoms with Gasteiger partial charge in [-0.2, -0.15) is 0 Å². The highest BCUT2D eigenvalue weighted by Gasteiger charge is 2.30. The molecule has 1 fully saturated rings. The lowest BCUT2D eigenvalue weighted by atomic mass is 10.1. The van der Waals surface area contributed by atoms with Crippen molar-refractivity contribution >= 4 is 0 Å². The first-order valence-electron chi connectivity index (χ1n) is 4.50. The zero-order valence-corrected chi connectivity index (χ0v) is 7.73. The van der Waals surface area contributed by atoms with E-state index >= 15 is 0 Å². The molecule has 1 aliphatic rings. The van der Waals surface area contributed by atoms with Crippen LogP contribution in [0.2, 0.25) is 0 Å². The quantitative estimate of drug-likeness (QED) is 0.678. The van der Waals surface area contributed by atoms with E-state index in [0.717, 1.165) is 25.0 Å². The number of piperidine rings is 1. The largest absolute Gasteiger partial charge is 0.325 e. The van der Waals surface area contributed by atoms with Gasteiger partial charge in [0.2, 0.25) is 0 Å². The molecule has 76 valence electrons. The average molecular weight is 190 g/mol. The summed E-state index contributed by atoms with van der Waals surface area (Å²) in [4.78, 5) is 1.72. The average Bonchev–Trinajstić information content (AvgIpc) is 2.03. The fourth-order valence-corrected chi connectivity index (χ4v) is 1.55. The van der Waals surface area contributed by atoms with Crippen LogP contribution in [-0.2, 0) is 0 Å². The molecule has 0 amide bonds. The van der Waals surface area contributed by atoms with E-state index in [0.29, 0.717) is 6.54 Å². The number of nitrogens with two attached hydrogens (primary N) is 1. The smallest absolute Gasteiger partial charge is 0.272 e. The van der Waals surface area contributed by atoms with E-state index in [2.05, 4.69) is 6.58 Å². The predicted octanol–water partition coefficient (Wildman–Crippen LogP) is 1.23. The summed E-state index contributed by atoms with van der Waals surface area (Å²) in [5, 5.41) is 0. The first-order valence-corrected chi connectivity index (χ1v) is 4.50. The van der Waals surface area contributed by atoms with E-state index in [1.807, 2.05) is 0 Å². The molecule has 0 spiro atoms. The third-order valence-corrected chi connectivity index (χ3v) is 2.21. The van der Waals surface area contributed by atoms with Crippen LogP contribution < -0.4 is 5.73 Å². The van der Waals surface area contributed by atoms with Gasteiger partial charge in [-0.15, -0.1) is 0 Å². The molecule has 0 aliphatic carbocycles. The molecule has 0 aromatic rings. The SMILES string of the molecule is C=C1CCCN(CC(F)(F)CN)C1. The van der Waals surface area contributed by atoms with Crippen molar-refractivity contribution in [1.29, 1.82) is 0 Å². The van der Waals surface area contributed by atoms with Gasteiger partial charge in [-0.1, -0.05) is 12.2 Å². The minimum atomic E-state index is -2.75. The summed E-state index contributed by atoms with van der Waals surface area (Å²) in [6, 6.07) is 0. The molecule has 0 aromatic heterocycles. The van der Waals surface area contributed by atoms with Gasteiger partial charge in [0, 0.05) is 6.54 Å². The van der Waals surface area contributed by atoms with E-state index in [1.54, 1.807) is 4.90 Å². The molecule has 1 heterocycles. The monoisotopic (exact) mass is 190 g/mol. The van der Waals surface area contributed by atoms with Gasteiger partial charge in [0.05, 0.1) is 13.1 Å². The molecule has 1 rings (SSSR count). The first-order chi connectivity index (χ1) is 6.03. The lowest BCUT2D eigenvalue weighted by Crippen LogP contribution is -2.44. The van der Waals surface area contributed by atoms with Gasteiger partial charge in [-0.05, 0) is 19.4 Å². The number of rotatable bonds is 3. The van der Waals surface area contributed by atoms with Crippen molar-refractivity contribution in [2.24, 2.45) is 5.73 Å². The topological polar surface area (TPSA) is 29.3 Å². The van der Waals surface area contributed by atoms with Crippen molar-refractivity contribution in [2.75, 3.05) is 26.2 Å². The fraction of sp³-hybridized carbons (Fsp3) is 0.778. The van der Waals surface area contributed by atoms with Crippen LogP contribution in [-0.4, -0.2) is 37.0 Å². The van der Waals surface area contributed by atoms with Crippen LogP contribution in [0.1, 0.15) is 12.8 Å². The summed E-state index contributed by atoms with van der Waals surface area (Å²) in [6.45, 7) is 4.32. The predicted molar refractivity (Wildman–Crippen MR) is 48.8 cm³/mol. The molecule has 0 saturated carbocycles. The summed E-state index contributed by atoms with van der Waals surface area (Å²) in [5.74, 6) is -2.75. The number of hydrogen-bond acceptors (Lipinski definition) is 2. The molecule has 0 radical (unpaired) electrons. The van der Waals surface area contributed by atoms with Gasteiger partial charge < -0.3 is 5.73 Å². The number of likely N-dealkylation sites (tertiary alicyclic amines) is 1. The van der Waals surface area contributed by atoms with Gasteiger partial charge >= 0.3 is 0 Å². The Bertz CT molecular complexity index is 192. The Balaban J connectivity index is 2.40. The molecule has 2 N–H and O–H groups in total. The van der Waals surface area contributed by atoms with Crippen LogP contribution in [0.5, 0.6) is 0 Å². The standard InChI is InChI=1S/C9H16F2N2/c1-8-3-2-4-13(5-8)7-9(10,11)6-12/h1-7,12H2. The lowest BCUT2D eigenvalue weighted by Gasteiger charge is -2.30. The maximum absolute atomic E-state index is 12.9. The van der Waals surface area contributed by atoms with E-state index in [-0.39, 0.29) is 6.54 Å². The summed E-state index contributed by atoms with van der Waals surface area (Å²) in [5.41, 5.74) is 6.00. The zero-order chi connectivity index (χ0) is 9.90. The Labute approximate surface area is 77.4 Å². The highest BCUT2D eigenvalue weighted by atomic mass is 19.3. The summed E-state index contributed by atoms with van der Waals surface area (Å²) in [6.07, 6.45) is 1.89. The molecular weight excluding hydrogens is 174 g/mol. The van der Waals surface area contributed by atoms with E-state index in [9.17, 15) is 8.78 Å². The summed E-state index contributed by atoms with van der Waals surface area (Å²) >= 11 is 0. The molecule has 0 atom stereocenters. The van der Waals surface area contributed by atoms with Crippen LogP contribution >= 0.6 is 0 Å². The number of nitrogens with zero attached hydrogens (tertiary/aromatic N) is 1. The van der Waals surface area contributed by atoms with Crippen molar-refractivity contribution < 1.29 is 8.78 Å². The second-order valence-corrected chi connectivity index (χ2v) is 3.62. The highest BCUT2D eigenvalue weighted by molar-refractivity contribution is 5.01. The molecule has 0 aromatic carbocycles. The van der Waals surface area contributed by atoms with Crippen molar-refractivity contribution in [1.82, 2.24) is 4.90 Å². The minimum Gasteiger partial charge on any atom is -0.325 e. The summed E-state index contributed by atoms with van der Waals surface area (Å²) in [7, 11) is 0. The molecular formula is C9H16F2N2. The normalized spacial score (nSPS) is 20.7. The Kier molecular flexibility index (Phi) is 3.39. The maximum atomic E-state index is 12.9. The van der Waals surface area contributed by atoms with Gasteiger partial charge in [0.25, 0.3) is 5.92 Å². The van der Waals surface area contributed by atoms with Crippen molar-refractivity contribution in [3.63, 3.8) is 0 Å². The number of alkyl halides is 2. The van der Waals surface area contributed by atoms with E-state index < -0.39 is 12.5 Å². The molecule has 1 saturated heterocycles. The van der Waals surface area contributed by atoms with E-state index in [1.165, 1.54) is 0 Å². The second-order valence-electron chi connectivity index (χ2n) is 3.62. The van der Waals surface area contributed by atoms with Crippen LogP contribution in [0.3, 0.4) is 0 Å². The number of halogens is 2. The molecule has 1 aliphatic heterocycles.